The van der Waals surface area contributed by atoms with Gasteiger partial charge in [0.15, 0.2) is 0 Å². The molecule has 0 aromatic carbocycles. The standard InChI is InChI=1S/C16H21NO4S/c1-10-2-3-11-12(8-22-13(11)6-10)15(20)17-16(7-14(18)19)4-5-21-9-16/h8,10H,2-7,9H2,1H3,(H,17,20)(H,18,19). The summed E-state index contributed by atoms with van der Waals surface area (Å²) in [6.45, 7) is 3.00. The maximum absolute atomic E-state index is 12.6. The molecule has 1 amide bonds. The van der Waals surface area contributed by atoms with E-state index in [1.54, 1.807) is 11.3 Å². The van der Waals surface area contributed by atoms with Gasteiger partial charge in [-0.1, -0.05) is 6.92 Å². The van der Waals surface area contributed by atoms with E-state index in [0.29, 0.717) is 18.9 Å². The molecule has 2 unspecified atom stereocenters. The smallest absolute Gasteiger partial charge is 0.305 e. The highest BCUT2D eigenvalue weighted by Gasteiger charge is 2.39. The van der Waals surface area contributed by atoms with E-state index in [-0.39, 0.29) is 18.9 Å². The summed E-state index contributed by atoms with van der Waals surface area (Å²) in [5.41, 5.74) is 1.12. The Hall–Kier alpha value is -1.40. The molecule has 1 saturated heterocycles. The fraction of sp³-hybridized carbons (Fsp3) is 0.625. The molecule has 1 aliphatic carbocycles. The van der Waals surface area contributed by atoms with Crippen molar-refractivity contribution in [3.63, 3.8) is 0 Å². The molecule has 1 aliphatic heterocycles. The lowest BCUT2D eigenvalue weighted by atomic mass is 9.88. The minimum atomic E-state index is -0.910. The highest BCUT2D eigenvalue weighted by atomic mass is 32.1. The maximum atomic E-state index is 12.6. The largest absolute Gasteiger partial charge is 0.481 e. The predicted molar refractivity (Wildman–Crippen MR) is 83.4 cm³/mol. The normalized spacial score (nSPS) is 27.4. The van der Waals surface area contributed by atoms with E-state index >= 15 is 0 Å². The zero-order valence-electron chi connectivity index (χ0n) is 12.7. The Kier molecular flexibility index (Phi) is 4.23. The number of carboxylic acid groups (broad SMARTS) is 1. The van der Waals surface area contributed by atoms with Crippen molar-refractivity contribution in [3.05, 3.63) is 21.4 Å². The number of nitrogens with one attached hydrogen (secondary N) is 1. The molecule has 1 aromatic rings. The number of hydrogen-bond donors (Lipinski definition) is 2. The van der Waals surface area contributed by atoms with Crippen LogP contribution in [0.1, 0.15) is 47.0 Å². The van der Waals surface area contributed by atoms with Crippen LogP contribution in [-0.4, -0.2) is 35.7 Å². The van der Waals surface area contributed by atoms with Gasteiger partial charge in [0.25, 0.3) is 5.91 Å². The van der Waals surface area contributed by atoms with Gasteiger partial charge >= 0.3 is 5.97 Å². The molecule has 1 fully saturated rings. The summed E-state index contributed by atoms with van der Waals surface area (Å²) in [6.07, 6.45) is 3.53. The van der Waals surface area contributed by atoms with Gasteiger partial charge in [0.2, 0.25) is 0 Å². The Morgan fingerprint density at radius 1 is 1.55 bits per heavy atom. The fourth-order valence-corrected chi connectivity index (χ4v) is 4.60. The van der Waals surface area contributed by atoms with Crippen LogP contribution in [0.15, 0.2) is 5.38 Å². The van der Waals surface area contributed by atoms with Crippen molar-refractivity contribution in [2.45, 2.75) is 44.6 Å². The average molecular weight is 323 g/mol. The zero-order valence-corrected chi connectivity index (χ0v) is 13.5. The Bertz CT molecular complexity index is 589. The molecule has 0 spiro atoms. The molecule has 0 saturated carbocycles. The second-order valence-corrected chi connectivity index (χ2v) is 7.47. The predicted octanol–water partition coefficient (Wildman–Crippen LogP) is 2.24. The first-order valence-electron chi connectivity index (χ1n) is 7.70. The number of fused-ring (bicyclic) bond motifs is 1. The van der Waals surface area contributed by atoms with E-state index in [4.69, 9.17) is 9.84 Å². The molecule has 0 bridgehead atoms. The fourth-order valence-electron chi connectivity index (χ4n) is 3.35. The summed E-state index contributed by atoms with van der Waals surface area (Å²) in [5.74, 6) is -0.394. The molecule has 1 aromatic heterocycles. The molecule has 2 aliphatic rings. The zero-order chi connectivity index (χ0) is 15.7. The summed E-state index contributed by atoms with van der Waals surface area (Å²) in [5, 5.41) is 14.0. The van der Waals surface area contributed by atoms with E-state index in [9.17, 15) is 9.59 Å². The van der Waals surface area contributed by atoms with Crippen LogP contribution in [0, 0.1) is 5.92 Å². The van der Waals surface area contributed by atoms with Crippen LogP contribution in [0.25, 0.3) is 0 Å². The van der Waals surface area contributed by atoms with Gasteiger partial charge in [-0.05, 0) is 37.2 Å². The highest BCUT2D eigenvalue weighted by molar-refractivity contribution is 7.10. The van der Waals surface area contributed by atoms with Crippen LogP contribution < -0.4 is 5.32 Å². The van der Waals surface area contributed by atoms with Crippen LogP contribution in [0.2, 0.25) is 0 Å². The minimum absolute atomic E-state index is 0.0951. The number of carbonyl (C=O) groups excluding carboxylic acids is 1. The summed E-state index contributed by atoms with van der Waals surface area (Å²) in [6, 6.07) is 0. The lowest BCUT2D eigenvalue weighted by Crippen LogP contribution is -2.50. The van der Waals surface area contributed by atoms with Crippen LogP contribution in [0.5, 0.6) is 0 Å². The number of rotatable bonds is 4. The van der Waals surface area contributed by atoms with E-state index in [0.717, 1.165) is 30.4 Å². The Morgan fingerprint density at radius 2 is 2.36 bits per heavy atom. The Balaban J connectivity index is 1.78. The van der Waals surface area contributed by atoms with Gasteiger partial charge in [0, 0.05) is 16.9 Å². The van der Waals surface area contributed by atoms with Gasteiger partial charge in [-0.25, -0.2) is 0 Å². The maximum Gasteiger partial charge on any atom is 0.305 e. The Morgan fingerprint density at radius 3 is 3.05 bits per heavy atom. The number of ether oxygens (including phenoxy) is 1. The van der Waals surface area contributed by atoms with Gasteiger partial charge < -0.3 is 15.2 Å². The van der Waals surface area contributed by atoms with E-state index < -0.39 is 11.5 Å². The lowest BCUT2D eigenvalue weighted by molar-refractivity contribution is -0.138. The number of thiophene rings is 1. The van der Waals surface area contributed by atoms with Crippen molar-refractivity contribution in [2.24, 2.45) is 5.92 Å². The summed E-state index contributed by atoms with van der Waals surface area (Å²) in [7, 11) is 0. The van der Waals surface area contributed by atoms with Crippen molar-refractivity contribution in [2.75, 3.05) is 13.2 Å². The van der Waals surface area contributed by atoms with Crippen LogP contribution in [0.3, 0.4) is 0 Å². The molecular weight excluding hydrogens is 302 g/mol. The van der Waals surface area contributed by atoms with Crippen molar-refractivity contribution in [3.8, 4) is 0 Å². The third-order valence-electron chi connectivity index (χ3n) is 4.62. The average Bonchev–Trinajstić information content (AvgIpc) is 3.04. The molecular formula is C16H21NO4S. The van der Waals surface area contributed by atoms with Crippen LogP contribution in [0.4, 0.5) is 0 Å². The number of carbonyl (C=O) groups is 2. The summed E-state index contributed by atoms with van der Waals surface area (Å²) < 4.78 is 5.33. The summed E-state index contributed by atoms with van der Waals surface area (Å²) in [4.78, 5) is 25.0. The van der Waals surface area contributed by atoms with E-state index in [1.165, 1.54) is 4.88 Å². The molecule has 0 radical (unpaired) electrons. The van der Waals surface area contributed by atoms with Crippen molar-refractivity contribution < 1.29 is 19.4 Å². The number of aliphatic carboxylic acids is 1. The first-order valence-corrected chi connectivity index (χ1v) is 8.58. The molecule has 120 valence electrons. The molecule has 22 heavy (non-hydrogen) atoms. The SMILES string of the molecule is CC1CCc2c(C(=O)NC3(CC(=O)O)CCOC3)csc2C1. The first-order chi connectivity index (χ1) is 10.5. The first kappa shape index (κ1) is 15.5. The monoisotopic (exact) mass is 323 g/mol. The third kappa shape index (κ3) is 3.03. The number of amides is 1. The molecule has 2 heterocycles. The lowest BCUT2D eigenvalue weighted by Gasteiger charge is -2.27. The van der Waals surface area contributed by atoms with Gasteiger partial charge in [-0.2, -0.15) is 0 Å². The van der Waals surface area contributed by atoms with Crippen LogP contribution in [-0.2, 0) is 22.4 Å². The Labute approximate surface area is 133 Å². The number of carboxylic acids is 1. The number of hydrogen-bond acceptors (Lipinski definition) is 4. The van der Waals surface area contributed by atoms with Gasteiger partial charge in [-0.15, -0.1) is 11.3 Å². The van der Waals surface area contributed by atoms with Gasteiger partial charge in [-0.3, -0.25) is 9.59 Å². The van der Waals surface area contributed by atoms with Crippen molar-refractivity contribution in [1.82, 2.24) is 5.32 Å². The second kappa shape index (κ2) is 6.01. The highest BCUT2D eigenvalue weighted by Crippen LogP contribution is 2.33. The molecule has 2 N–H and O–H groups in total. The molecule has 2 atom stereocenters. The van der Waals surface area contributed by atoms with Crippen molar-refractivity contribution >= 4 is 23.2 Å². The van der Waals surface area contributed by atoms with Crippen LogP contribution >= 0.6 is 11.3 Å². The molecule has 3 rings (SSSR count). The molecule has 5 nitrogen and oxygen atoms in total. The second-order valence-electron chi connectivity index (χ2n) is 6.51. The van der Waals surface area contributed by atoms with Gasteiger partial charge in [0.05, 0.1) is 24.1 Å². The van der Waals surface area contributed by atoms with Gasteiger partial charge in [0.1, 0.15) is 0 Å². The van der Waals surface area contributed by atoms with E-state index in [1.807, 2.05) is 5.38 Å². The minimum Gasteiger partial charge on any atom is -0.481 e. The quantitative estimate of drug-likeness (QED) is 0.891. The topological polar surface area (TPSA) is 75.6 Å². The summed E-state index contributed by atoms with van der Waals surface area (Å²) >= 11 is 1.65. The third-order valence-corrected chi connectivity index (χ3v) is 5.67. The molecule has 6 heteroatoms. The van der Waals surface area contributed by atoms with E-state index in [2.05, 4.69) is 12.2 Å². The van der Waals surface area contributed by atoms with Crippen molar-refractivity contribution in [1.29, 1.82) is 0 Å².